The highest BCUT2D eigenvalue weighted by atomic mass is 15.1. The molecule has 0 N–H and O–H groups in total. The molecule has 23 aromatic rings. The minimum Gasteiger partial charge on any atom is -0.309 e. The van der Waals surface area contributed by atoms with Crippen LogP contribution in [0, 0.1) is 0 Å². The molecule has 3 aliphatic rings. The first kappa shape index (κ1) is 66.1. The number of benzene rings is 18. The fourth-order valence-corrected chi connectivity index (χ4v) is 19.8. The van der Waals surface area contributed by atoms with E-state index in [1.54, 1.807) is 0 Å². The molecule has 26 rings (SSSR count). The quantitative estimate of drug-likeness (QED) is 0.152. The van der Waals surface area contributed by atoms with Crippen molar-refractivity contribution in [3.8, 4) is 140 Å². The van der Waals surface area contributed by atoms with Gasteiger partial charge in [0, 0.05) is 66.5 Å². The van der Waals surface area contributed by atoms with Crippen LogP contribution in [0.2, 0.25) is 0 Å². The molecule has 5 nitrogen and oxygen atoms in total. The van der Waals surface area contributed by atoms with Gasteiger partial charge in [0.05, 0.1) is 38.8 Å². The Bertz CT molecular complexity index is 7690. The summed E-state index contributed by atoms with van der Waals surface area (Å²) in [5, 5.41) is 15.6. The van der Waals surface area contributed by atoms with Gasteiger partial charge in [-0.25, -0.2) is 9.97 Å². The number of nitrogens with zero attached hydrogens (tertiary/aromatic N) is 5. The molecule has 0 bridgehead atoms. The molecule has 0 atom stereocenters. The second-order valence-electron chi connectivity index (χ2n) is 30.8. The summed E-state index contributed by atoms with van der Waals surface area (Å²) in [6.07, 6.45) is 1.88. The summed E-state index contributed by atoms with van der Waals surface area (Å²) < 4.78 is 7.26. The average molecular weight is 1480 g/mol. The summed E-state index contributed by atoms with van der Waals surface area (Å²) >= 11 is 0. The van der Waals surface area contributed by atoms with E-state index in [-0.39, 0.29) is 0 Å². The van der Waals surface area contributed by atoms with Crippen LogP contribution >= 0.6 is 0 Å². The van der Waals surface area contributed by atoms with E-state index in [1.165, 1.54) is 215 Å². The van der Waals surface area contributed by atoms with Crippen molar-refractivity contribution in [1.29, 1.82) is 0 Å². The molecule has 0 amide bonds. The van der Waals surface area contributed by atoms with Gasteiger partial charge in [-0.15, -0.1) is 0 Å². The lowest BCUT2D eigenvalue weighted by Crippen LogP contribution is -2.00. The predicted molar refractivity (Wildman–Crippen MR) is 491 cm³/mol. The Morgan fingerprint density at radius 3 is 0.872 bits per heavy atom. The molecule has 5 heterocycles. The van der Waals surface area contributed by atoms with Crippen molar-refractivity contribution in [2.75, 3.05) is 0 Å². The number of hydrogen-bond donors (Lipinski definition) is 0. The van der Waals surface area contributed by atoms with Gasteiger partial charge in [-0.2, -0.15) is 0 Å². The Morgan fingerprint density at radius 1 is 0.171 bits per heavy atom. The lowest BCUT2D eigenvalue weighted by Gasteiger charge is -2.17. The van der Waals surface area contributed by atoms with Crippen molar-refractivity contribution in [2.24, 2.45) is 0 Å². The highest BCUT2D eigenvalue weighted by molar-refractivity contribution is 6.36. The van der Waals surface area contributed by atoms with Crippen LogP contribution in [0.15, 0.2) is 419 Å². The van der Waals surface area contributed by atoms with Crippen molar-refractivity contribution in [2.45, 2.75) is 0 Å². The Hall–Kier alpha value is -15.6. The average Bonchev–Trinajstić information content (AvgIpc) is 1.55. The van der Waals surface area contributed by atoms with Gasteiger partial charge in [-0.05, 0) is 200 Å². The summed E-state index contributed by atoms with van der Waals surface area (Å²) in [6, 6.07) is 149. The van der Waals surface area contributed by atoms with Crippen molar-refractivity contribution in [3.63, 3.8) is 0 Å². The van der Waals surface area contributed by atoms with Crippen molar-refractivity contribution in [3.05, 3.63) is 419 Å². The standard InChI is InChI=1S/C40H25N.C39H24N2.C33H20N2/c1-3-12-26(13-4-1)28-16-9-18-30(24-28)41-36-23-11-22-34-32-20-8-7-19-31(32)33-21-10-17-29-25-35(27-14-5-2-6-15-27)40(41)39(37(29)33)38(34)36;1-3-12-25(13-4-1)32-24-27-16-9-19-30-28-17-7-8-18-29(28)31-20-10-22-34-37(31)38(36(27)30)39(32)41(34)35-23-11-21-33(40-35)26-14-5-2-6-15-26;1-2-10-21(11-3-1)27-20-22-12-8-15-25-23-13-4-5-14-24(23)26-16-9-17-28-31(26)32(30(22)25)33(27)35(28)29-18-6-7-19-34-29/h1-25H;1-24H;1-20H. The monoisotopic (exact) mass is 1480 g/mol. The number of aromatic nitrogens is 5. The lowest BCUT2D eigenvalue weighted by atomic mass is 9.91. The van der Waals surface area contributed by atoms with E-state index in [4.69, 9.17) is 9.97 Å². The van der Waals surface area contributed by atoms with Gasteiger partial charge in [0.2, 0.25) is 0 Å². The molecule has 5 heteroatoms. The third-order valence-corrected chi connectivity index (χ3v) is 24.6. The molecule has 0 unspecified atom stereocenters. The number of rotatable bonds is 8. The topological polar surface area (TPSA) is 40.6 Å². The first-order valence-electron chi connectivity index (χ1n) is 40.3. The molecule has 542 valence electrons. The van der Waals surface area contributed by atoms with E-state index in [0.29, 0.717) is 0 Å². The van der Waals surface area contributed by atoms with Crippen LogP contribution in [0.3, 0.4) is 0 Å². The second kappa shape index (κ2) is 26.5. The van der Waals surface area contributed by atoms with Crippen molar-refractivity contribution >= 4 is 97.7 Å². The Kier molecular flexibility index (Phi) is 15.0. The minimum absolute atomic E-state index is 0.923. The zero-order valence-electron chi connectivity index (χ0n) is 63.6. The molecule has 0 fully saturated rings. The van der Waals surface area contributed by atoms with Gasteiger partial charge in [-0.1, -0.05) is 340 Å². The zero-order chi connectivity index (χ0) is 76.8. The zero-order valence-corrected chi connectivity index (χ0v) is 63.6. The third-order valence-electron chi connectivity index (χ3n) is 24.6. The second-order valence-corrected chi connectivity index (χ2v) is 30.8. The maximum atomic E-state index is 5.28. The fraction of sp³-hybridized carbons (Fsp3) is 0. The molecular weight excluding hydrogens is 1420 g/mol. The highest BCUT2D eigenvalue weighted by Crippen LogP contribution is 2.56. The van der Waals surface area contributed by atoms with E-state index in [0.717, 1.165) is 22.9 Å². The van der Waals surface area contributed by atoms with Crippen molar-refractivity contribution in [1.82, 2.24) is 23.7 Å². The van der Waals surface area contributed by atoms with Crippen molar-refractivity contribution < 1.29 is 0 Å². The number of pyridine rings is 2. The molecule has 5 aromatic heterocycles. The molecule has 3 aliphatic carbocycles. The Labute approximate surface area is 675 Å². The molecule has 0 saturated carbocycles. The van der Waals surface area contributed by atoms with Gasteiger partial charge < -0.3 is 4.57 Å². The lowest BCUT2D eigenvalue weighted by molar-refractivity contribution is 1.08. The molecule has 0 radical (unpaired) electrons. The van der Waals surface area contributed by atoms with Gasteiger partial charge >= 0.3 is 0 Å². The fourth-order valence-electron chi connectivity index (χ4n) is 19.8. The molecule has 0 saturated heterocycles. The minimum atomic E-state index is 0.923. The summed E-state index contributed by atoms with van der Waals surface area (Å²) in [5.41, 5.74) is 35.7. The summed E-state index contributed by atoms with van der Waals surface area (Å²) in [7, 11) is 0. The molecule has 0 aliphatic heterocycles. The van der Waals surface area contributed by atoms with Gasteiger partial charge in [-0.3, -0.25) is 9.13 Å². The maximum absolute atomic E-state index is 5.28. The van der Waals surface area contributed by atoms with Gasteiger partial charge in [0.1, 0.15) is 11.6 Å². The largest absolute Gasteiger partial charge is 0.309 e. The number of hydrogen-bond acceptors (Lipinski definition) is 2. The van der Waals surface area contributed by atoms with Crippen LogP contribution in [-0.4, -0.2) is 23.7 Å². The predicted octanol–water partition coefficient (Wildman–Crippen LogP) is 29.9. The van der Waals surface area contributed by atoms with E-state index >= 15 is 0 Å². The Balaban J connectivity index is 0.000000101. The molecular formula is C112H69N5. The number of fused-ring (bicyclic) bond motifs is 9. The Morgan fingerprint density at radius 2 is 0.470 bits per heavy atom. The summed E-state index contributed by atoms with van der Waals surface area (Å²) in [5.74, 6) is 1.86. The normalized spacial score (nSPS) is 11.9. The SMILES string of the molecule is c1ccc(-c2cc3cccc4c3c3c5c(cccc5n(-c5ccccn5)c23)-c2ccccc2-4)cc1.c1ccc(-c2cccc(-n3c4cccc5c4c4c6c(cccc6cc(-c6ccccc6)c43)-c3ccccc3-5)c2)cc1.c1ccc(-c2cccc(-n3c4cccc5c4c4c6c(cccc6cc(-c6ccccc6)c43)-c3ccccc3-5)n2)cc1. The first-order chi connectivity index (χ1) is 58.1. The van der Waals surface area contributed by atoms with Crippen LogP contribution in [0.1, 0.15) is 0 Å². The van der Waals surface area contributed by atoms with E-state index in [9.17, 15) is 0 Å². The summed E-state index contributed by atoms with van der Waals surface area (Å²) in [6.45, 7) is 0. The van der Waals surface area contributed by atoms with Crippen LogP contribution in [-0.2, 0) is 0 Å². The van der Waals surface area contributed by atoms with Crippen LogP contribution in [0.4, 0.5) is 0 Å². The smallest absolute Gasteiger partial charge is 0.138 e. The maximum Gasteiger partial charge on any atom is 0.138 e. The van der Waals surface area contributed by atoms with Gasteiger partial charge in [0.25, 0.3) is 0 Å². The van der Waals surface area contributed by atoms with E-state index in [1.807, 2.05) is 18.3 Å². The highest BCUT2D eigenvalue weighted by Gasteiger charge is 2.32. The van der Waals surface area contributed by atoms with Crippen LogP contribution < -0.4 is 0 Å². The van der Waals surface area contributed by atoms with E-state index in [2.05, 4.69) is 414 Å². The molecule has 0 spiro atoms. The molecule has 117 heavy (non-hydrogen) atoms. The first-order valence-corrected chi connectivity index (χ1v) is 40.3. The molecule has 18 aromatic carbocycles. The van der Waals surface area contributed by atoms with E-state index < -0.39 is 0 Å². The van der Waals surface area contributed by atoms with Gasteiger partial charge in [0.15, 0.2) is 0 Å². The third kappa shape index (κ3) is 10.2. The van der Waals surface area contributed by atoms with Crippen LogP contribution in [0.25, 0.3) is 238 Å². The van der Waals surface area contributed by atoms with Crippen LogP contribution in [0.5, 0.6) is 0 Å². The summed E-state index contributed by atoms with van der Waals surface area (Å²) in [4.78, 5) is 10.1.